The Bertz CT molecular complexity index is 517. The molecular weight excluding hydrogens is 228 g/mol. The predicted octanol–water partition coefficient (Wildman–Crippen LogP) is 0.534. The minimum absolute atomic E-state index is 0.0193. The van der Waals surface area contributed by atoms with E-state index in [9.17, 15) is 8.42 Å². The average Bonchev–Trinajstić information content (AvgIpc) is 2.19. The summed E-state index contributed by atoms with van der Waals surface area (Å²) in [4.78, 5) is 0. The molecule has 1 rings (SSSR count). The third-order valence-electron chi connectivity index (χ3n) is 1.94. The molecule has 86 valence electrons. The molecule has 0 aliphatic carbocycles. The quantitative estimate of drug-likeness (QED) is 0.830. The fourth-order valence-electron chi connectivity index (χ4n) is 1.09. The lowest BCUT2D eigenvalue weighted by molar-refractivity contribution is 0.338. The molecule has 0 unspecified atom stereocenters. The number of hydrogen-bond acceptors (Lipinski definition) is 4. The minimum atomic E-state index is -3.51. The molecule has 0 saturated carbocycles. The van der Waals surface area contributed by atoms with Crippen molar-refractivity contribution in [2.24, 2.45) is 5.14 Å². The first-order chi connectivity index (χ1) is 7.42. The van der Waals surface area contributed by atoms with Crippen molar-refractivity contribution >= 4 is 10.0 Å². The zero-order valence-corrected chi connectivity index (χ0v) is 9.62. The lowest BCUT2D eigenvalue weighted by Crippen LogP contribution is -2.21. The van der Waals surface area contributed by atoms with Crippen molar-refractivity contribution < 1.29 is 13.2 Å². The summed E-state index contributed by atoms with van der Waals surface area (Å²) in [6.07, 6.45) is 0. The van der Waals surface area contributed by atoms with Crippen LogP contribution in [0.15, 0.2) is 18.2 Å². The first-order valence-corrected chi connectivity index (χ1v) is 6.28. The monoisotopic (exact) mass is 240 g/mol. The zero-order valence-electron chi connectivity index (χ0n) is 8.80. The van der Waals surface area contributed by atoms with Crippen LogP contribution in [-0.4, -0.2) is 20.8 Å². The number of nitrogens with two attached hydrogens (primary N) is 1. The number of aryl methyl sites for hydroxylation is 1. The largest absolute Gasteiger partial charge is 0.492 e. The third kappa shape index (κ3) is 3.88. The number of benzene rings is 1. The highest BCUT2D eigenvalue weighted by atomic mass is 32.2. The van der Waals surface area contributed by atoms with E-state index in [1.54, 1.807) is 18.2 Å². The molecular formula is C10H12N2O3S. The predicted molar refractivity (Wildman–Crippen MR) is 59.4 cm³/mol. The Balaban J connectivity index is 2.71. The summed E-state index contributed by atoms with van der Waals surface area (Å²) in [6, 6.07) is 6.96. The Morgan fingerprint density at radius 2 is 2.19 bits per heavy atom. The SMILES string of the molecule is Cc1ccc(C#N)cc1OCCS(N)(=O)=O. The molecule has 6 heteroatoms. The van der Waals surface area contributed by atoms with Crippen LogP contribution in [0.5, 0.6) is 5.75 Å². The first kappa shape index (κ1) is 12.5. The van der Waals surface area contributed by atoms with Crippen LogP contribution in [0, 0.1) is 18.3 Å². The van der Waals surface area contributed by atoms with Crippen molar-refractivity contribution in [3.05, 3.63) is 29.3 Å². The lowest BCUT2D eigenvalue weighted by Gasteiger charge is -2.08. The molecule has 0 atom stereocenters. The van der Waals surface area contributed by atoms with Gasteiger partial charge in [0.25, 0.3) is 0 Å². The summed E-state index contributed by atoms with van der Waals surface area (Å²) in [5.74, 6) is 0.256. The molecule has 16 heavy (non-hydrogen) atoms. The van der Waals surface area contributed by atoms with E-state index in [4.69, 9.17) is 15.1 Å². The molecule has 0 aliphatic heterocycles. The van der Waals surface area contributed by atoms with Gasteiger partial charge in [-0.15, -0.1) is 0 Å². The van der Waals surface area contributed by atoms with E-state index >= 15 is 0 Å². The van der Waals surface area contributed by atoms with Crippen molar-refractivity contribution in [3.63, 3.8) is 0 Å². The molecule has 2 N–H and O–H groups in total. The van der Waals surface area contributed by atoms with Gasteiger partial charge >= 0.3 is 0 Å². The molecule has 5 nitrogen and oxygen atoms in total. The van der Waals surface area contributed by atoms with Gasteiger partial charge in [-0.1, -0.05) is 6.07 Å². The highest BCUT2D eigenvalue weighted by molar-refractivity contribution is 7.89. The van der Waals surface area contributed by atoms with Gasteiger partial charge in [0, 0.05) is 0 Å². The van der Waals surface area contributed by atoms with Crippen LogP contribution in [0.4, 0.5) is 0 Å². The molecule has 0 spiro atoms. The van der Waals surface area contributed by atoms with Gasteiger partial charge in [-0.2, -0.15) is 5.26 Å². The Labute approximate surface area is 94.5 Å². The highest BCUT2D eigenvalue weighted by Crippen LogP contribution is 2.18. The van der Waals surface area contributed by atoms with E-state index in [-0.39, 0.29) is 12.4 Å². The van der Waals surface area contributed by atoms with E-state index in [0.717, 1.165) is 5.56 Å². The summed E-state index contributed by atoms with van der Waals surface area (Å²) in [5, 5.41) is 13.5. The minimum Gasteiger partial charge on any atom is -0.492 e. The summed E-state index contributed by atoms with van der Waals surface area (Å²) >= 11 is 0. The van der Waals surface area contributed by atoms with Gasteiger partial charge in [0.05, 0.1) is 17.4 Å². The maximum absolute atomic E-state index is 10.7. The number of nitrogens with zero attached hydrogens (tertiary/aromatic N) is 1. The number of nitriles is 1. The van der Waals surface area contributed by atoms with E-state index in [1.807, 2.05) is 13.0 Å². The standard InChI is InChI=1S/C10H12N2O3S/c1-8-2-3-9(7-11)6-10(8)15-4-5-16(12,13)14/h2-3,6H,4-5H2,1H3,(H2,12,13,14). The Hall–Kier alpha value is -1.58. The van der Waals surface area contributed by atoms with E-state index in [2.05, 4.69) is 0 Å². The molecule has 1 aromatic carbocycles. The maximum atomic E-state index is 10.7. The van der Waals surface area contributed by atoms with Gasteiger partial charge in [0.1, 0.15) is 12.4 Å². The van der Waals surface area contributed by atoms with Gasteiger partial charge < -0.3 is 4.74 Å². The number of sulfonamides is 1. The fourth-order valence-corrected chi connectivity index (χ4v) is 1.41. The third-order valence-corrected chi connectivity index (χ3v) is 2.68. The molecule has 0 amide bonds. The Kier molecular flexibility index (Phi) is 3.88. The van der Waals surface area contributed by atoms with Crippen molar-refractivity contribution in [1.29, 1.82) is 5.26 Å². The molecule has 0 bridgehead atoms. The number of ether oxygens (including phenoxy) is 1. The second-order valence-corrected chi connectivity index (χ2v) is 5.04. The summed E-state index contributed by atoms with van der Waals surface area (Å²) in [7, 11) is -3.51. The maximum Gasteiger partial charge on any atom is 0.212 e. The number of rotatable bonds is 4. The summed E-state index contributed by atoms with van der Waals surface area (Å²) < 4.78 is 26.6. The van der Waals surface area contributed by atoms with Crippen molar-refractivity contribution in [2.45, 2.75) is 6.92 Å². The van der Waals surface area contributed by atoms with Gasteiger partial charge in [-0.3, -0.25) is 0 Å². The van der Waals surface area contributed by atoms with Crippen LogP contribution >= 0.6 is 0 Å². The van der Waals surface area contributed by atoms with E-state index in [1.165, 1.54) is 0 Å². The van der Waals surface area contributed by atoms with E-state index in [0.29, 0.717) is 11.3 Å². The highest BCUT2D eigenvalue weighted by Gasteiger charge is 2.05. The smallest absolute Gasteiger partial charge is 0.212 e. The first-order valence-electron chi connectivity index (χ1n) is 4.56. The van der Waals surface area contributed by atoms with Gasteiger partial charge in [0.2, 0.25) is 10.0 Å². The lowest BCUT2D eigenvalue weighted by atomic mass is 10.1. The van der Waals surface area contributed by atoms with Crippen LogP contribution in [0.3, 0.4) is 0 Å². The fraction of sp³-hybridized carbons (Fsp3) is 0.300. The molecule has 1 aromatic rings. The van der Waals surface area contributed by atoms with Crippen LogP contribution in [-0.2, 0) is 10.0 Å². The molecule has 0 aliphatic rings. The molecule has 0 radical (unpaired) electrons. The summed E-state index contributed by atoms with van der Waals surface area (Å²) in [5.41, 5.74) is 1.31. The molecule has 0 fully saturated rings. The van der Waals surface area contributed by atoms with Crippen LogP contribution in [0.2, 0.25) is 0 Å². The van der Waals surface area contributed by atoms with Crippen LogP contribution in [0.25, 0.3) is 0 Å². The normalized spacial score (nSPS) is 10.8. The second-order valence-electron chi connectivity index (χ2n) is 3.31. The van der Waals surface area contributed by atoms with E-state index < -0.39 is 10.0 Å². The van der Waals surface area contributed by atoms with Gasteiger partial charge in [-0.25, -0.2) is 13.6 Å². The van der Waals surface area contributed by atoms with Crippen molar-refractivity contribution in [1.82, 2.24) is 0 Å². The summed E-state index contributed by atoms with van der Waals surface area (Å²) in [6.45, 7) is 1.79. The zero-order chi connectivity index (χ0) is 12.2. The van der Waals surface area contributed by atoms with Crippen LogP contribution < -0.4 is 9.88 Å². The average molecular weight is 240 g/mol. The topological polar surface area (TPSA) is 93.2 Å². The molecule has 0 aromatic heterocycles. The van der Waals surface area contributed by atoms with Crippen molar-refractivity contribution in [3.8, 4) is 11.8 Å². The molecule has 0 saturated heterocycles. The second kappa shape index (κ2) is 4.96. The Morgan fingerprint density at radius 3 is 2.75 bits per heavy atom. The number of hydrogen-bond donors (Lipinski definition) is 1. The van der Waals surface area contributed by atoms with Gasteiger partial charge in [-0.05, 0) is 24.6 Å². The van der Waals surface area contributed by atoms with Crippen molar-refractivity contribution in [2.75, 3.05) is 12.4 Å². The molecule has 0 heterocycles. The Morgan fingerprint density at radius 1 is 1.50 bits per heavy atom. The number of primary sulfonamides is 1. The van der Waals surface area contributed by atoms with Gasteiger partial charge in [0.15, 0.2) is 0 Å². The van der Waals surface area contributed by atoms with Crippen LogP contribution in [0.1, 0.15) is 11.1 Å².